The van der Waals surface area contributed by atoms with E-state index in [2.05, 4.69) is 53.3 Å². The van der Waals surface area contributed by atoms with Crippen LogP contribution in [0.1, 0.15) is 126 Å². The number of ether oxygens (including phenoxy) is 11. The zero-order valence-corrected chi connectivity index (χ0v) is 39.0. The summed E-state index contributed by atoms with van der Waals surface area (Å²) in [5, 5.41) is 20.8. The standard InChI is InChI=1S/C50H70O15/c1-24-15-30-35(22-48(6)37(58-30)20-34-44(64-48)25(2)16-42(52)60-34)57-29-11-13-47(5)38(61-43(24)29)21-39-49(7,65-47)23-41-46(4,63-39)12-9-10-28-31(59-41)18-33-32(56-28)19-40-50(8,62-33)36(51)17-27(55-40)14-26(3)45(53)54/h9-10,16,24,27-41,43-44,51H,3,11-15,17-23H2,1-2,4-8H3,(H,53,54)/b10-9-/t24-,27-,28-,29+,30+,31+,32+,33-,34+,35-,36+,37-,38+,39-,40-,41-,43-,44-,46+,47-,48+,49+,50+/m1/s1. The molecule has 11 aliphatic rings. The lowest BCUT2D eigenvalue weighted by atomic mass is 9.72. The molecule has 11 rings (SSSR count). The van der Waals surface area contributed by atoms with Gasteiger partial charge in [-0.1, -0.05) is 25.7 Å². The third-order valence-corrected chi connectivity index (χ3v) is 17.9. The molecule has 23 atom stereocenters. The first kappa shape index (κ1) is 45.2. The quantitative estimate of drug-likeness (QED) is 0.210. The second-order valence-corrected chi connectivity index (χ2v) is 22.8. The van der Waals surface area contributed by atoms with Crippen molar-refractivity contribution in [1.82, 2.24) is 0 Å². The molecule has 0 spiro atoms. The van der Waals surface area contributed by atoms with E-state index in [-0.39, 0.29) is 116 Å². The molecule has 9 saturated heterocycles. The van der Waals surface area contributed by atoms with E-state index in [1.807, 2.05) is 13.8 Å². The summed E-state index contributed by atoms with van der Waals surface area (Å²) >= 11 is 0. The Morgan fingerprint density at radius 1 is 0.723 bits per heavy atom. The summed E-state index contributed by atoms with van der Waals surface area (Å²) in [5.74, 6) is -1.22. The molecule has 0 bridgehead atoms. The van der Waals surface area contributed by atoms with Crippen molar-refractivity contribution >= 4 is 11.9 Å². The van der Waals surface area contributed by atoms with Gasteiger partial charge < -0.3 is 62.3 Å². The van der Waals surface area contributed by atoms with Crippen molar-refractivity contribution < 1.29 is 71.9 Å². The van der Waals surface area contributed by atoms with Crippen LogP contribution in [-0.4, -0.2) is 154 Å². The van der Waals surface area contributed by atoms with E-state index in [0.717, 1.165) is 24.8 Å². The van der Waals surface area contributed by atoms with Gasteiger partial charge in [-0.2, -0.15) is 0 Å². The first-order valence-electron chi connectivity index (χ1n) is 24.5. The van der Waals surface area contributed by atoms with Gasteiger partial charge >= 0.3 is 11.9 Å². The molecule has 9 fully saturated rings. The Labute approximate surface area is 382 Å². The highest BCUT2D eigenvalue weighted by Gasteiger charge is 2.64. The number of esters is 1. The Hall–Kier alpha value is -2.28. The van der Waals surface area contributed by atoms with Crippen LogP contribution in [0.2, 0.25) is 0 Å². The maximum Gasteiger partial charge on any atom is 0.331 e. The van der Waals surface area contributed by atoms with Crippen LogP contribution in [0.5, 0.6) is 0 Å². The summed E-state index contributed by atoms with van der Waals surface area (Å²) < 4.78 is 75.5. The Morgan fingerprint density at radius 3 is 2.28 bits per heavy atom. The SMILES string of the molecule is C=C(C[C@@H]1C[C@H](O)[C@]2(C)O[C@@H]3C[C@@H]4O[C@@H]5C[C@]6(C)O[C@]7(C)CC[C@@H]8O[C@@H]9C[C@]%10(C)O[C@@H]%11C(C)=CC(=O)O[C@H]%11C[C@H]%10O[C@H]9C[C@@H](C)[C@H]8O[C@H]7C[C@H]6O[C@@]5(C)C/C=C\[C@H]4O[C@H]3C[C@H]2O1)C(=O)O. The molecule has 0 aromatic rings. The van der Waals surface area contributed by atoms with E-state index >= 15 is 0 Å². The van der Waals surface area contributed by atoms with Crippen molar-refractivity contribution in [2.45, 2.75) is 257 Å². The largest absolute Gasteiger partial charge is 0.478 e. The van der Waals surface area contributed by atoms with Crippen molar-refractivity contribution in [2.24, 2.45) is 5.92 Å². The van der Waals surface area contributed by atoms with Crippen LogP contribution in [0.15, 0.2) is 36.0 Å². The second kappa shape index (κ2) is 15.9. The van der Waals surface area contributed by atoms with Crippen molar-refractivity contribution in [1.29, 1.82) is 0 Å². The highest BCUT2D eigenvalue weighted by Crippen LogP contribution is 2.55. The topological polar surface area (TPSA) is 176 Å². The number of fused-ring (bicyclic) bond motifs is 10. The van der Waals surface area contributed by atoms with Crippen LogP contribution in [0.25, 0.3) is 0 Å². The van der Waals surface area contributed by atoms with Crippen LogP contribution < -0.4 is 0 Å². The lowest BCUT2D eigenvalue weighted by molar-refractivity contribution is -0.356. The summed E-state index contributed by atoms with van der Waals surface area (Å²) in [7, 11) is 0. The Balaban J connectivity index is 0.772. The van der Waals surface area contributed by atoms with Gasteiger partial charge in [0, 0.05) is 63.0 Å². The molecular formula is C50H70O15. The maximum atomic E-state index is 12.3. The van der Waals surface area contributed by atoms with Crippen LogP contribution in [0.4, 0.5) is 0 Å². The number of hydrogen-bond donors (Lipinski definition) is 2. The zero-order chi connectivity index (χ0) is 45.6. The molecule has 15 nitrogen and oxygen atoms in total. The molecule has 65 heavy (non-hydrogen) atoms. The fourth-order valence-electron chi connectivity index (χ4n) is 14.0. The number of carbonyl (C=O) groups excluding carboxylic acids is 1. The Kier molecular flexibility index (Phi) is 11.0. The number of aliphatic hydroxyl groups excluding tert-OH is 1. The number of rotatable bonds is 3. The van der Waals surface area contributed by atoms with Crippen LogP contribution >= 0.6 is 0 Å². The molecule has 0 radical (unpaired) electrons. The highest BCUT2D eigenvalue weighted by atomic mass is 16.7. The molecule has 15 heteroatoms. The van der Waals surface area contributed by atoms with Crippen molar-refractivity contribution in [3.8, 4) is 0 Å². The van der Waals surface area contributed by atoms with Crippen LogP contribution in [-0.2, 0) is 61.7 Å². The monoisotopic (exact) mass is 910 g/mol. The Bertz CT molecular complexity index is 1990. The fraction of sp³-hybridized carbons (Fsp3) is 0.840. The average Bonchev–Trinajstić information content (AvgIpc) is 3.43. The molecule has 0 aromatic heterocycles. The third-order valence-electron chi connectivity index (χ3n) is 17.9. The van der Waals surface area contributed by atoms with Gasteiger partial charge in [-0.25, -0.2) is 9.59 Å². The summed E-state index contributed by atoms with van der Waals surface area (Å²) in [6.45, 7) is 18.4. The Morgan fingerprint density at radius 2 is 1.48 bits per heavy atom. The third kappa shape index (κ3) is 7.64. The number of carboxylic acids is 1. The molecule has 0 aliphatic carbocycles. The van der Waals surface area contributed by atoms with Crippen molar-refractivity contribution in [2.75, 3.05) is 0 Å². The molecule has 360 valence electrons. The highest BCUT2D eigenvalue weighted by molar-refractivity contribution is 5.85. The number of aliphatic carboxylic acids is 1. The maximum absolute atomic E-state index is 12.3. The fourth-order valence-corrected chi connectivity index (χ4v) is 14.0. The van der Waals surface area contributed by atoms with Gasteiger partial charge in [0.2, 0.25) is 0 Å². The molecule has 0 unspecified atom stereocenters. The normalized spacial score (nSPS) is 56.2. The number of carbonyl (C=O) groups is 2. The first-order valence-corrected chi connectivity index (χ1v) is 24.5. The van der Waals surface area contributed by atoms with Gasteiger partial charge in [0.15, 0.2) is 0 Å². The van der Waals surface area contributed by atoms with Crippen molar-refractivity contribution in [3.05, 3.63) is 36.0 Å². The van der Waals surface area contributed by atoms with Crippen LogP contribution in [0.3, 0.4) is 0 Å². The van der Waals surface area contributed by atoms with E-state index < -0.39 is 52.3 Å². The minimum Gasteiger partial charge on any atom is -0.478 e. The molecule has 11 heterocycles. The van der Waals surface area contributed by atoms with E-state index in [0.29, 0.717) is 44.9 Å². The molecule has 2 N–H and O–H groups in total. The second-order valence-electron chi connectivity index (χ2n) is 22.8. The molecule has 0 saturated carbocycles. The van der Waals surface area contributed by atoms with E-state index in [1.54, 1.807) is 6.08 Å². The van der Waals surface area contributed by atoms with Gasteiger partial charge in [0.1, 0.15) is 23.9 Å². The van der Waals surface area contributed by atoms with Gasteiger partial charge in [-0.3, -0.25) is 0 Å². The lowest BCUT2D eigenvalue weighted by Crippen LogP contribution is -2.70. The van der Waals surface area contributed by atoms with Gasteiger partial charge in [-0.05, 0) is 78.7 Å². The first-order chi connectivity index (χ1) is 30.7. The lowest BCUT2D eigenvalue weighted by Gasteiger charge is -2.60. The van der Waals surface area contributed by atoms with E-state index in [4.69, 9.17) is 52.1 Å². The average molecular weight is 911 g/mol. The van der Waals surface area contributed by atoms with Gasteiger partial charge in [-0.15, -0.1) is 0 Å². The van der Waals surface area contributed by atoms with Gasteiger partial charge in [0.25, 0.3) is 0 Å². The van der Waals surface area contributed by atoms with Crippen molar-refractivity contribution in [3.63, 3.8) is 0 Å². The van der Waals surface area contributed by atoms with E-state index in [1.165, 1.54) is 0 Å². The summed E-state index contributed by atoms with van der Waals surface area (Å²) in [5.41, 5.74) is -2.49. The predicted octanol–water partition coefficient (Wildman–Crippen LogP) is 5.36. The minimum atomic E-state index is -1.07. The number of aliphatic hydroxyl groups is 1. The number of hydrogen-bond acceptors (Lipinski definition) is 14. The summed E-state index contributed by atoms with van der Waals surface area (Å²) in [4.78, 5) is 23.8. The summed E-state index contributed by atoms with van der Waals surface area (Å²) in [6.07, 6.45) is 7.62. The minimum absolute atomic E-state index is 0.0564. The number of carboxylic acid groups (broad SMARTS) is 1. The van der Waals surface area contributed by atoms with Gasteiger partial charge in [0.05, 0.1) is 108 Å². The molecule has 0 aromatic carbocycles. The smallest absolute Gasteiger partial charge is 0.331 e. The predicted molar refractivity (Wildman–Crippen MR) is 230 cm³/mol. The van der Waals surface area contributed by atoms with E-state index in [9.17, 15) is 19.8 Å². The molecule has 11 aliphatic heterocycles. The molecule has 0 amide bonds. The van der Waals surface area contributed by atoms with Crippen LogP contribution in [0, 0.1) is 5.92 Å². The zero-order valence-electron chi connectivity index (χ0n) is 39.0. The summed E-state index contributed by atoms with van der Waals surface area (Å²) in [6, 6.07) is 0. The molecular weight excluding hydrogens is 841 g/mol.